The van der Waals surface area contributed by atoms with Crippen molar-refractivity contribution < 1.29 is 24.6 Å². The second-order valence-electron chi connectivity index (χ2n) is 3.40. The maximum absolute atomic E-state index is 11.6. The molecule has 18 heavy (non-hydrogen) atoms. The summed E-state index contributed by atoms with van der Waals surface area (Å²) in [5.41, 5.74) is -0.377. The predicted octanol–water partition coefficient (Wildman–Crippen LogP) is -0.967. The summed E-state index contributed by atoms with van der Waals surface area (Å²) in [6.07, 6.45) is 0.377. The quantitative estimate of drug-likeness (QED) is 0.533. The van der Waals surface area contributed by atoms with Crippen LogP contribution in [0.3, 0.4) is 0 Å². The van der Waals surface area contributed by atoms with E-state index in [2.05, 4.69) is 4.98 Å². The van der Waals surface area contributed by atoms with Crippen molar-refractivity contribution in [3.8, 4) is 0 Å². The molecular formula is C10H10N2O6. The van der Waals surface area contributed by atoms with Gasteiger partial charge in [-0.25, -0.2) is 4.79 Å². The Kier molecular flexibility index (Phi) is 4.19. The molecule has 4 N–H and O–H groups in total. The topological polar surface area (TPSA) is 137 Å². The Balaban J connectivity index is 2.78. The van der Waals surface area contributed by atoms with Crippen LogP contribution in [0, 0.1) is 0 Å². The number of hydrogen-bond donors (Lipinski definition) is 4. The molecule has 0 fully saturated rings. The Labute approximate surface area is 100 Å². The van der Waals surface area contributed by atoms with Gasteiger partial charge in [0, 0.05) is 12.3 Å². The average Bonchev–Trinajstić information content (AvgIpc) is 2.28. The highest BCUT2D eigenvalue weighted by Crippen LogP contribution is 1.98. The fraction of sp³-hybridized carbons (Fsp3) is 0.200. The molecule has 0 bridgehead atoms. The van der Waals surface area contributed by atoms with Gasteiger partial charge in [-0.2, -0.15) is 0 Å². The summed E-state index contributed by atoms with van der Waals surface area (Å²) in [7, 11) is 0. The maximum Gasteiger partial charge on any atom is 0.326 e. The Bertz CT molecular complexity index is 515. The number of nitrogens with one attached hydrogen (secondary N) is 2. The number of aromatic amines is 1. The zero-order valence-corrected chi connectivity index (χ0v) is 9.04. The van der Waals surface area contributed by atoms with Crippen LogP contribution in [0.4, 0.5) is 0 Å². The third kappa shape index (κ3) is 3.74. The molecule has 8 nitrogen and oxygen atoms in total. The molecule has 1 unspecified atom stereocenters. The number of carboxylic acid groups (broad SMARTS) is 2. The van der Waals surface area contributed by atoms with Gasteiger partial charge in [0.2, 0.25) is 5.56 Å². The van der Waals surface area contributed by atoms with E-state index >= 15 is 0 Å². The number of H-pyrrole nitrogens is 1. The van der Waals surface area contributed by atoms with Crippen LogP contribution in [-0.4, -0.2) is 39.1 Å². The lowest BCUT2D eigenvalue weighted by molar-refractivity contribution is -0.145. The van der Waals surface area contributed by atoms with Crippen LogP contribution < -0.4 is 10.9 Å². The lowest BCUT2D eigenvalue weighted by Gasteiger charge is -2.11. The maximum atomic E-state index is 11.6. The molecule has 0 aliphatic heterocycles. The summed E-state index contributed by atoms with van der Waals surface area (Å²) in [4.78, 5) is 45.7. The van der Waals surface area contributed by atoms with Crippen molar-refractivity contribution in [1.29, 1.82) is 0 Å². The monoisotopic (exact) mass is 254 g/mol. The Morgan fingerprint density at radius 1 is 1.28 bits per heavy atom. The number of carbonyl (C=O) groups is 3. The Morgan fingerprint density at radius 3 is 2.39 bits per heavy atom. The molecular weight excluding hydrogens is 244 g/mol. The van der Waals surface area contributed by atoms with E-state index in [4.69, 9.17) is 10.2 Å². The molecule has 1 rings (SSSR count). The average molecular weight is 254 g/mol. The van der Waals surface area contributed by atoms with Gasteiger partial charge in [-0.3, -0.25) is 14.4 Å². The minimum Gasteiger partial charge on any atom is -0.481 e. The van der Waals surface area contributed by atoms with Crippen LogP contribution >= 0.6 is 0 Å². The summed E-state index contributed by atoms with van der Waals surface area (Å²) in [5.74, 6) is -3.57. The molecule has 1 aromatic heterocycles. The van der Waals surface area contributed by atoms with Crippen LogP contribution in [-0.2, 0) is 9.59 Å². The van der Waals surface area contributed by atoms with Gasteiger partial charge in [0.05, 0.1) is 12.0 Å². The standard InChI is InChI=1S/C10H10N2O6/c13-7-2-1-5(4-11-7)9(16)12-6(10(17)18)3-8(14)15/h1-2,4,6H,3H2,(H,11,13)(H,12,16)(H,14,15)(H,17,18). The smallest absolute Gasteiger partial charge is 0.326 e. The third-order valence-corrected chi connectivity index (χ3v) is 2.03. The van der Waals surface area contributed by atoms with E-state index in [1.807, 2.05) is 5.32 Å². The molecule has 1 amide bonds. The second kappa shape index (κ2) is 5.62. The molecule has 0 saturated carbocycles. The molecule has 0 aromatic carbocycles. The number of carbonyl (C=O) groups excluding carboxylic acids is 1. The molecule has 0 saturated heterocycles. The fourth-order valence-corrected chi connectivity index (χ4v) is 1.17. The first kappa shape index (κ1) is 13.4. The van der Waals surface area contributed by atoms with Gasteiger partial charge in [0.25, 0.3) is 5.91 Å². The highest BCUT2D eigenvalue weighted by atomic mass is 16.4. The molecule has 96 valence electrons. The van der Waals surface area contributed by atoms with Crippen molar-refractivity contribution in [3.05, 3.63) is 34.2 Å². The summed E-state index contributed by atoms with van der Waals surface area (Å²) in [6.45, 7) is 0. The molecule has 0 spiro atoms. The molecule has 8 heteroatoms. The van der Waals surface area contributed by atoms with Crippen LogP contribution in [0.15, 0.2) is 23.1 Å². The first-order chi connectivity index (χ1) is 8.40. The van der Waals surface area contributed by atoms with Gasteiger partial charge in [-0.05, 0) is 6.07 Å². The second-order valence-corrected chi connectivity index (χ2v) is 3.40. The summed E-state index contributed by atoms with van der Waals surface area (Å²) < 4.78 is 0. The third-order valence-electron chi connectivity index (χ3n) is 2.03. The van der Waals surface area contributed by atoms with Crippen molar-refractivity contribution in [2.45, 2.75) is 12.5 Å². The molecule has 0 aliphatic carbocycles. The molecule has 1 heterocycles. The van der Waals surface area contributed by atoms with Gasteiger partial charge < -0.3 is 20.5 Å². The number of carboxylic acids is 2. The minimum atomic E-state index is -1.53. The van der Waals surface area contributed by atoms with Gasteiger partial charge in [0.15, 0.2) is 0 Å². The first-order valence-corrected chi connectivity index (χ1v) is 4.84. The molecule has 0 aliphatic rings. The summed E-state index contributed by atoms with van der Waals surface area (Å²) in [5, 5.41) is 19.3. The van der Waals surface area contributed by atoms with Gasteiger partial charge in [0.1, 0.15) is 6.04 Å². The van der Waals surface area contributed by atoms with Crippen molar-refractivity contribution in [1.82, 2.24) is 10.3 Å². The molecule has 1 atom stereocenters. The summed E-state index contributed by atoms with van der Waals surface area (Å²) >= 11 is 0. The van der Waals surface area contributed by atoms with Crippen LogP contribution in [0.25, 0.3) is 0 Å². The SMILES string of the molecule is O=C(O)CC(NC(=O)c1ccc(=O)[nH]c1)C(=O)O. The number of pyridine rings is 1. The zero-order valence-electron chi connectivity index (χ0n) is 9.04. The van der Waals surface area contributed by atoms with Gasteiger partial charge >= 0.3 is 11.9 Å². The zero-order chi connectivity index (χ0) is 13.7. The van der Waals surface area contributed by atoms with E-state index in [0.29, 0.717) is 0 Å². The number of aromatic nitrogens is 1. The number of amides is 1. The van der Waals surface area contributed by atoms with E-state index in [-0.39, 0.29) is 5.56 Å². The van der Waals surface area contributed by atoms with E-state index in [1.165, 1.54) is 6.07 Å². The predicted molar refractivity (Wildman–Crippen MR) is 58.2 cm³/mol. The number of hydrogen-bond acceptors (Lipinski definition) is 4. The first-order valence-electron chi connectivity index (χ1n) is 4.84. The van der Waals surface area contributed by atoms with E-state index in [0.717, 1.165) is 12.3 Å². The lowest BCUT2D eigenvalue weighted by atomic mass is 10.2. The van der Waals surface area contributed by atoms with E-state index in [1.54, 1.807) is 0 Å². The van der Waals surface area contributed by atoms with E-state index in [9.17, 15) is 19.2 Å². The summed E-state index contributed by atoms with van der Waals surface area (Å²) in [6, 6.07) is 0.775. The Morgan fingerprint density at radius 2 is 1.94 bits per heavy atom. The number of aliphatic carboxylic acids is 2. The van der Waals surface area contributed by atoms with Crippen LogP contribution in [0.2, 0.25) is 0 Å². The van der Waals surface area contributed by atoms with Gasteiger partial charge in [-0.15, -0.1) is 0 Å². The normalized spacial score (nSPS) is 11.6. The van der Waals surface area contributed by atoms with Crippen molar-refractivity contribution >= 4 is 17.8 Å². The van der Waals surface area contributed by atoms with Crippen molar-refractivity contribution in [2.75, 3.05) is 0 Å². The van der Waals surface area contributed by atoms with E-state index < -0.39 is 35.9 Å². The molecule has 0 radical (unpaired) electrons. The molecule has 1 aromatic rings. The van der Waals surface area contributed by atoms with Crippen molar-refractivity contribution in [2.24, 2.45) is 0 Å². The van der Waals surface area contributed by atoms with Crippen LogP contribution in [0.5, 0.6) is 0 Å². The highest BCUT2D eigenvalue weighted by molar-refractivity contribution is 5.97. The van der Waals surface area contributed by atoms with Crippen LogP contribution in [0.1, 0.15) is 16.8 Å². The Hall–Kier alpha value is -2.64. The van der Waals surface area contributed by atoms with Gasteiger partial charge in [-0.1, -0.05) is 0 Å². The number of rotatable bonds is 5. The lowest BCUT2D eigenvalue weighted by Crippen LogP contribution is -2.42. The minimum absolute atomic E-state index is 0.0336. The fourth-order valence-electron chi connectivity index (χ4n) is 1.17. The highest BCUT2D eigenvalue weighted by Gasteiger charge is 2.23. The largest absolute Gasteiger partial charge is 0.481 e. The van der Waals surface area contributed by atoms with Crippen molar-refractivity contribution in [3.63, 3.8) is 0 Å².